The molecule has 0 aliphatic carbocycles. The van der Waals surface area contributed by atoms with Crippen LogP contribution in [0.1, 0.15) is 30.4 Å². The third kappa shape index (κ3) is 5.48. The van der Waals surface area contributed by atoms with Crippen molar-refractivity contribution in [2.45, 2.75) is 32.2 Å². The molecule has 2 amide bonds. The third-order valence-corrected chi connectivity index (χ3v) is 4.46. The van der Waals surface area contributed by atoms with Crippen LogP contribution in [0.15, 0.2) is 48.7 Å². The minimum atomic E-state index is -0.128. The molecule has 0 bridgehead atoms. The summed E-state index contributed by atoms with van der Waals surface area (Å²) in [6.07, 6.45) is 6.25. The summed E-state index contributed by atoms with van der Waals surface area (Å²) in [6, 6.07) is 14.3. The van der Waals surface area contributed by atoms with Gasteiger partial charge < -0.3 is 15.5 Å². The van der Waals surface area contributed by atoms with Crippen LogP contribution < -0.4 is 15.5 Å². The van der Waals surface area contributed by atoms with Crippen LogP contribution in [0.2, 0.25) is 0 Å². The smallest absolute Gasteiger partial charge is 0.315 e. The SMILES string of the molecule is O=C(NCCCc1ccccc1)NCc1ccc(N2CCCC2)nc1. The maximum Gasteiger partial charge on any atom is 0.315 e. The van der Waals surface area contributed by atoms with Crippen molar-refractivity contribution in [3.05, 3.63) is 59.8 Å². The molecule has 1 aliphatic heterocycles. The first kappa shape index (κ1) is 17.3. The van der Waals surface area contributed by atoms with Crippen molar-refractivity contribution >= 4 is 11.8 Å². The molecule has 3 rings (SSSR count). The Morgan fingerprint density at radius 1 is 1.00 bits per heavy atom. The van der Waals surface area contributed by atoms with E-state index in [4.69, 9.17) is 0 Å². The van der Waals surface area contributed by atoms with Crippen molar-refractivity contribution in [3.63, 3.8) is 0 Å². The number of aromatic nitrogens is 1. The van der Waals surface area contributed by atoms with Gasteiger partial charge in [0.2, 0.25) is 0 Å². The number of urea groups is 1. The normalized spacial score (nSPS) is 13.7. The largest absolute Gasteiger partial charge is 0.357 e. The second-order valence-electron chi connectivity index (χ2n) is 6.42. The van der Waals surface area contributed by atoms with Crippen LogP contribution in [0.3, 0.4) is 0 Å². The highest BCUT2D eigenvalue weighted by Gasteiger charge is 2.12. The molecule has 1 saturated heterocycles. The molecule has 2 aromatic rings. The summed E-state index contributed by atoms with van der Waals surface area (Å²) < 4.78 is 0. The molecule has 0 atom stereocenters. The molecule has 2 heterocycles. The zero-order valence-electron chi connectivity index (χ0n) is 14.6. The Morgan fingerprint density at radius 3 is 2.52 bits per heavy atom. The molecule has 0 spiro atoms. The lowest BCUT2D eigenvalue weighted by Gasteiger charge is -2.16. The van der Waals surface area contributed by atoms with Gasteiger partial charge in [0.25, 0.3) is 0 Å². The Balaban J connectivity index is 1.33. The van der Waals surface area contributed by atoms with E-state index < -0.39 is 0 Å². The number of nitrogens with one attached hydrogen (secondary N) is 2. The number of pyridine rings is 1. The number of rotatable bonds is 7. The molecule has 1 aliphatic rings. The lowest BCUT2D eigenvalue weighted by molar-refractivity contribution is 0.240. The van der Waals surface area contributed by atoms with Crippen LogP contribution in [0.4, 0.5) is 10.6 Å². The Labute approximate surface area is 149 Å². The molecular formula is C20H26N4O. The molecule has 1 aromatic heterocycles. The molecule has 2 N–H and O–H groups in total. The van der Waals surface area contributed by atoms with Gasteiger partial charge in [0.05, 0.1) is 0 Å². The van der Waals surface area contributed by atoms with Crippen molar-refractivity contribution in [1.82, 2.24) is 15.6 Å². The quantitative estimate of drug-likeness (QED) is 0.763. The number of hydrogen-bond acceptors (Lipinski definition) is 3. The van der Waals surface area contributed by atoms with Gasteiger partial charge in [-0.15, -0.1) is 0 Å². The van der Waals surface area contributed by atoms with Gasteiger partial charge in [0.15, 0.2) is 0 Å². The molecule has 5 heteroatoms. The molecule has 1 fully saturated rings. The lowest BCUT2D eigenvalue weighted by atomic mass is 10.1. The monoisotopic (exact) mass is 338 g/mol. The molecule has 0 saturated carbocycles. The molecule has 0 unspecified atom stereocenters. The topological polar surface area (TPSA) is 57.3 Å². The van der Waals surface area contributed by atoms with Gasteiger partial charge in [-0.3, -0.25) is 0 Å². The molecular weight excluding hydrogens is 312 g/mol. The Morgan fingerprint density at radius 2 is 1.80 bits per heavy atom. The van der Waals surface area contributed by atoms with E-state index in [2.05, 4.69) is 32.7 Å². The standard InChI is InChI=1S/C20H26N4O/c25-20(21-12-6-9-17-7-2-1-3-8-17)23-16-18-10-11-19(22-15-18)24-13-4-5-14-24/h1-3,7-8,10-11,15H,4-6,9,12-14,16H2,(H2,21,23,25). The van der Waals surface area contributed by atoms with Crippen LogP contribution in [0, 0.1) is 0 Å². The van der Waals surface area contributed by atoms with Crippen molar-refractivity contribution in [2.75, 3.05) is 24.5 Å². The van der Waals surface area contributed by atoms with Gasteiger partial charge in [-0.05, 0) is 42.9 Å². The second-order valence-corrected chi connectivity index (χ2v) is 6.42. The van der Waals surface area contributed by atoms with E-state index in [0.29, 0.717) is 13.1 Å². The molecule has 0 radical (unpaired) electrons. The highest BCUT2D eigenvalue weighted by molar-refractivity contribution is 5.73. The summed E-state index contributed by atoms with van der Waals surface area (Å²) in [5.41, 5.74) is 2.32. The number of hydrogen-bond donors (Lipinski definition) is 2. The van der Waals surface area contributed by atoms with E-state index in [9.17, 15) is 4.79 Å². The second kappa shape index (κ2) is 9.06. The maximum absolute atomic E-state index is 11.9. The van der Waals surface area contributed by atoms with E-state index in [0.717, 1.165) is 37.3 Å². The average Bonchev–Trinajstić information content (AvgIpc) is 3.20. The summed E-state index contributed by atoms with van der Waals surface area (Å²) in [4.78, 5) is 18.7. The van der Waals surface area contributed by atoms with Crippen LogP contribution in [0.5, 0.6) is 0 Å². The van der Waals surface area contributed by atoms with Gasteiger partial charge in [0, 0.05) is 32.4 Å². The van der Waals surface area contributed by atoms with E-state index in [1.54, 1.807) is 0 Å². The van der Waals surface area contributed by atoms with Gasteiger partial charge in [-0.25, -0.2) is 9.78 Å². The van der Waals surface area contributed by atoms with Gasteiger partial charge in [-0.2, -0.15) is 0 Å². The Hall–Kier alpha value is -2.56. The van der Waals surface area contributed by atoms with Gasteiger partial charge in [-0.1, -0.05) is 36.4 Å². The minimum Gasteiger partial charge on any atom is -0.357 e. The third-order valence-electron chi connectivity index (χ3n) is 4.46. The fourth-order valence-corrected chi connectivity index (χ4v) is 3.04. The number of nitrogens with zero attached hydrogens (tertiary/aromatic N) is 2. The van der Waals surface area contributed by atoms with Crippen molar-refractivity contribution in [1.29, 1.82) is 0 Å². The number of carbonyl (C=O) groups excluding carboxylic acids is 1. The fraction of sp³-hybridized carbons (Fsp3) is 0.400. The summed E-state index contributed by atoms with van der Waals surface area (Å²) in [5.74, 6) is 1.03. The predicted molar refractivity (Wildman–Crippen MR) is 101 cm³/mol. The Bertz CT molecular complexity index is 651. The zero-order chi connectivity index (χ0) is 17.3. The molecule has 5 nitrogen and oxygen atoms in total. The first-order valence-corrected chi connectivity index (χ1v) is 9.07. The Kier molecular flexibility index (Phi) is 6.26. The highest BCUT2D eigenvalue weighted by atomic mass is 16.2. The van der Waals surface area contributed by atoms with Crippen LogP contribution in [-0.4, -0.2) is 30.6 Å². The highest BCUT2D eigenvalue weighted by Crippen LogP contribution is 2.17. The summed E-state index contributed by atoms with van der Waals surface area (Å²) >= 11 is 0. The first-order chi connectivity index (χ1) is 12.3. The van der Waals surface area contributed by atoms with Crippen LogP contribution in [0.25, 0.3) is 0 Å². The maximum atomic E-state index is 11.9. The first-order valence-electron chi connectivity index (χ1n) is 9.07. The minimum absolute atomic E-state index is 0.128. The predicted octanol–water partition coefficient (Wildman–Crippen LogP) is 3.11. The van der Waals surface area contributed by atoms with E-state index >= 15 is 0 Å². The average molecular weight is 338 g/mol. The zero-order valence-corrected chi connectivity index (χ0v) is 14.6. The summed E-state index contributed by atoms with van der Waals surface area (Å²) in [7, 11) is 0. The van der Waals surface area contributed by atoms with Crippen LogP contribution >= 0.6 is 0 Å². The molecule has 25 heavy (non-hydrogen) atoms. The van der Waals surface area contributed by atoms with Crippen molar-refractivity contribution in [2.24, 2.45) is 0 Å². The summed E-state index contributed by atoms with van der Waals surface area (Å²) in [6.45, 7) is 3.36. The molecule has 1 aromatic carbocycles. The van der Waals surface area contributed by atoms with E-state index in [1.165, 1.54) is 18.4 Å². The van der Waals surface area contributed by atoms with Crippen molar-refractivity contribution < 1.29 is 4.79 Å². The van der Waals surface area contributed by atoms with Gasteiger partial charge in [0.1, 0.15) is 5.82 Å². The summed E-state index contributed by atoms with van der Waals surface area (Å²) in [5, 5.41) is 5.78. The van der Waals surface area contributed by atoms with E-state index in [1.807, 2.05) is 36.5 Å². The van der Waals surface area contributed by atoms with E-state index in [-0.39, 0.29) is 6.03 Å². The number of carbonyl (C=O) groups is 1. The number of aryl methyl sites for hydroxylation is 1. The molecule has 132 valence electrons. The van der Waals surface area contributed by atoms with Gasteiger partial charge >= 0.3 is 6.03 Å². The lowest BCUT2D eigenvalue weighted by Crippen LogP contribution is -2.35. The number of benzene rings is 1. The van der Waals surface area contributed by atoms with Crippen LogP contribution in [-0.2, 0) is 13.0 Å². The van der Waals surface area contributed by atoms with Crippen molar-refractivity contribution in [3.8, 4) is 0 Å². The number of amides is 2. The number of anilines is 1. The fourth-order valence-electron chi connectivity index (χ4n) is 3.04.